The standard InChI is InChI=1S/C29H28N8O3/c1-39-22-6-2-19(3-7-22)17-37-28-26(27(36-37)34-21-10-13-30-16-21)24(11-15-32-28)40-23-8-4-20(5-9-23)29(38)35-25-12-14-31-18-33-25/h2-9,11-12,14-15,18,21,30H,10,13,16-17H2,1H3,(H,34,36)(H,31,33,35,38)/t21-/m1/s1. The van der Waals surface area contributed by atoms with Crippen LogP contribution in [0.15, 0.2) is 79.4 Å². The molecule has 0 saturated carbocycles. The minimum Gasteiger partial charge on any atom is -0.497 e. The molecule has 0 unspecified atom stereocenters. The Kier molecular flexibility index (Phi) is 7.18. The number of aromatic nitrogens is 5. The summed E-state index contributed by atoms with van der Waals surface area (Å²) in [6.45, 7) is 2.36. The molecule has 11 nitrogen and oxygen atoms in total. The van der Waals surface area contributed by atoms with Gasteiger partial charge in [0.05, 0.1) is 13.7 Å². The van der Waals surface area contributed by atoms with Crippen LogP contribution in [0.4, 0.5) is 11.6 Å². The van der Waals surface area contributed by atoms with E-state index >= 15 is 0 Å². The van der Waals surface area contributed by atoms with Gasteiger partial charge >= 0.3 is 0 Å². The third-order valence-electron chi connectivity index (χ3n) is 6.66. The summed E-state index contributed by atoms with van der Waals surface area (Å²) >= 11 is 0. The van der Waals surface area contributed by atoms with Crippen molar-refractivity contribution in [2.75, 3.05) is 30.8 Å². The van der Waals surface area contributed by atoms with Crippen molar-refractivity contribution < 1.29 is 14.3 Å². The lowest BCUT2D eigenvalue weighted by Crippen LogP contribution is -2.22. The van der Waals surface area contributed by atoms with Crippen LogP contribution in [0, 0.1) is 0 Å². The summed E-state index contributed by atoms with van der Waals surface area (Å²) in [5, 5.41) is 15.4. The number of nitrogens with one attached hydrogen (secondary N) is 3. The number of fused-ring (bicyclic) bond motifs is 1. The van der Waals surface area contributed by atoms with Gasteiger partial charge in [-0.15, -0.1) is 0 Å². The van der Waals surface area contributed by atoms with Crippen molar-refractivity contribution in [3.63, 3.8) is 0 Å². The first-order valence-corrected chi connectivity index (χ1v) is 13.0. The maximum atomic E-state index is 12.6. The highest BCUT2D eigenvalue weighted by atomic mass is 16.5. The third-order valence-corrected chi connectivity index (χ3v) is 6.66. The molecule has 1 saturated heterocycles. The van der Waals surface area contributed by atoms with Gasteiger partial charge in [-0.2, -0.15) is 5.10 Å². The van der Waals surface area contributed by atoms with E-state index in [0.29, 0.717) is 35.1 Å². The summed E-state index contributed by atoms with van der Waals surface area (Å²) in [6, 6.07) is 18.6. The summed E-state index contributed by atoms with van der Waals surface area (Å²) in [4.78, 5) is 25.2. The Morgan fingerprint density at radius 2 is 1.85 bits per heavy atom. The van der Waals surface area contributed by atoms with Crippen molar-refractivity contribution in [2.24, 2.45) is 0 Å². The number of rotatable bonds is 9. The summed E-state index contributed by atoms with van der Waals surface area (Å²) in [5.41, 5.74) is 2.26. The molecule has 3 N–H and O–H groups in total. The van der Waals surface area contributed by atoms with Crippen LogP contribution >= 0.6 is 0 Å². The lowest BCUT2D eigenvalue weighted by Gasteiger charge is -2.12. The zero-order valence-corrected chi connectivity index (χ0v) is 21.9. The van der Waals surface area contributed by atoms with E-state index in [1.807, 2.05) is 35.0 Å². The number of hydrogen-bond donors (Lipinski definition) is 3. The molecule has 5 aromatic rings. The first kappa shape index (κ1) is 25.3. The third kappa shape index (κ3) is 5.54. The van der Waals surface area contributed by atoms with Gasteiger partial charge < -0.3 is 25.4 Å². The van der Waals surface area contributed by atoms with Gasteiger partial charge in [-0.25, -0.2) is 19.6 Å². The SMILES string of the molecule is COc1ccc(Cn2nc(N[C@@H]3CCNC3)c3c(Oc4ccc(C(=O)Nc5ccncn5)cc4)ccnc32)cc1. The Morgan fingerprint density at radius 3 is 2.58 bits per heavy atom. The molecular weight excluding hydrogens is 508 g/mol. The zero-order valence-electron chi connectivity index (χ0n) is 21.9. The first-order chi connectivity index (χ1) is 19.7. The van der Waals surface area contributed by atoms with Crippen molar-refractivity contribution in [2.45, 2.75) is 19.0 Å². The summed E-state index contributed by atoms with van der Waals surface area (Å²) in [7, 11) is 1.65. The number of methoxy groups -OCH3 is 1. The molecule has 3 aromatic heterocycles. The van der Waals surface area contributed by atoms with Crippen molar-refractivity contribution in [3.8, 4) is 17.2 Å². The van der Waals surface area contributed by atoms with E-state index in [1.165, 1.54) is 6.33 Å². The molecule has 0 radical (unpaired) electrons. The molecule has 0 bridgehead atoms. The van der Waals surface area contributed by atoms with E-state index in [2.05, 4.69) is 30.9 Å². The number of benzene rings is 2. The molecule has 1 aliphatic heterocycles. The molecule has 40 heavy (non-hydrogen) atoms. The van der Waals surface area contributed by atoms with Gasteiger partial charge in [-0.05, 0) is 61.0 Å². The lowest BCUT2D eigenvalue weighted by atomic mass is 10.2. The molecule has 1 fully saturated rings. The zero-order chi connectivity index (χ0) is 27.3. The topological polar surface area (TPSA) is 128 Å². The van der Waals surface area contributed by atoms with Gasteiger partial charge in [0, 0.05) is 36.6 Å². The Balaban J connectivity index is 1.27. The molecule has 0 aliphatic carbocycles. The van der Waals surface area contributed by atoms with Gasteiger partial charge in [0.15, 0.2) is 11.5 Å². The monoisotopic (exact) mass is 536 g/mol. The maximum absolute atomic E-state index is 12.6. The quantitative estimate of drug-likeness (QED) is 0.255. The van der Waals surface area contributed by atoms with Gasteiger partial charge in [0.2, 0.25) is 0 Å². The second-order valence-electron chi connectivity index (χ2n) is 9.37. The van der Waals surface area contributed by atoms with Gasteiger partial charge in [0.1, 0.15) is 34.8 Å². The normalized spacial score (nSPS) is 14.7. The number of carbonyl (C=O) groups is 1. The number of nitrogens with zero attached hydrogens (tertiary/aromatic N) is 5. The molecule has 11 heteroatoms. The molecule has 4 heterocycles. The van der Waals surface area contributed by atoms with Crippen molar-refractivity contribution in [1.82, 2.24) is 30.0 Å². The number of hydrogen-bond acceptors (Lipinski definition) is 9. The summed E-state index contributed by atoms with van der Waals surface area (Å²) in [6.07, 6.45) is 5.67. The number of pyridine rings is 1. The van der Waals surface area contributed by atoms with Crippen LogP contribution in [-0.2, 0) is 6.54 Å². The highest BCUT2D eigenvalue weighted by molar-refractivity contribution is 6.03. The molecule has 1 aliphatic rings. The first-order valence-electron chi connectivity index (χ1n) is 13.0. The van der Waals surface area contributed by atoms with Crippen LogP contribution in [-0.4, -0.2) is 56.9 Å². The highest BCUT2D eigenvalue weighted by Gasteiger charge is 2.22. The average molecular weight is 537 g/mol. The number of anilines is 2. The van der Waals surface area contributed by atoms with Crippen molar-refractivity contribution in [1.29, 1.82) is 0 Å². The average Bonchev–Trinajstić information content (AvgIpc) is 3.63. The fourth-order valence-electron chi connectivity index (χ4n) is 4.60. The minimum atomic E-state index is -0.270. The van der Waals surface area contributed by atoms with E-state index in [0.717, 1.165) is 42.0 Å². The molecule has 0 spiro atoms. The van der Waals surface area contributed by atoms with E-state index in [9.17, 15) is 4.79 Å². The molecular formula is C29H28N8O3. The second-order valence-corrected chi connectivity index (χ2v) is 9.37. The van der Waals surface area contributed by atoms with Gasteiger partial charge in [-0.1, -0.05) is 12.1 Å². The largest absolute Gasteiger partial charge is 0.497 e. The second kappa shape index (κ2) is 11.4. The van der Waals surface area contributed by atoms with Crippen molar-refractivity contribution >= 4 is 28.6 Å². The predicted molar refractivity (Wildman–Crippen MR) is 151 cm³/mol. The van der Waals surface area contributed by atoms with Crippen LogP contribution in [0.5, 0.6) is 17.2 Å². The maximum Gasteiger partial charge on any atom is 0.256 e. The van der Waals surface area contributed by atoms with Gasteiger partial charge in [-0.3, -0.25) is 4.79 Å². The fourth-order valence-corrected chi connectivity index (χ4v) is 4.60. The molecule has 6 rings (SSSR count). The number of amides is 1. The van der Waals surface area contributed by atoms with Crippen LogP contribution in [0.1, 0.15) is 22.3 Å². The van der Waals surface area contributed by atoms with E-state index in [4.69, 9.17) is 14.6 Å². The number of ether oxygens (including phenoxy) is 2. The highest BCUT2D eigenvalue weighted by Crippen LogP contribution is 2.35. The Bertz CT molecular complexity index is 1600. The van der Waals surface area contributed by atoms with Crippen LogP contribution in [0.25, 0.3) is 11.0 Å². The smallest absolute Gasteiger partial charge is 0.256 e. The minimum absolute atomic E-state index is 0.258. The van der Waals surface area contributed by atoms with Crippen LogP contribution in [0.3, 0.4) is 0 Å². The number of carbonyl (C=O) groups excluding carboxylic acids is 1. The van der Waals surface area contributed by atoms with E-state index in [-0.39, 0.29) is 11.9 Å². The Hall–Kier alpha value is -5.03. The lowest BCUT2D eigenvalue weighted by molar-refractivity contribution is 0.102. The van der Waals surface area contributed by atoms with Crippen molar-refractivity contribution in [3.05, 3.63) is 90.5 Å². The van der Waals surface area contributed by atoms with E-state index < -0.39 is 0 Å². The Labute approximate surface area is 230 Å². The summed E-state index contributed by atoms with van der Waals surface area (Å²) < 4.78 is 13.5. The van der Waals surface area contributed by atoms with Crippen LogP contribution in [0.2, 0.25) is 0 Å². The Morgan fingerprint density at radius 1 is 1.02 bits per heavy atom. The molecule has 1 amide bonds. The van der Waals surface area contributed by atoms with E-state index in [1.54, 1.807) is 49.8 Å². The fraction of sp³-hybridized carbons (Fsp3) is 0.207. The van der Waals surface area contributed by atoms with Crippen LogP contribution < -0.4 is 25.4 Å². The summed E-state index contributed by atoms with van der Waals surface area (Å²) in [5.74, 6) is 2.90. The van der Waals surface area contributed by atoms with Gasteiger partial charge in [0.25, 0.3) is 5.91 Å². The molecule has 2 aromatic carbocycles. The predicted octanol–water partition coefficient (Wildman–Crippen LogP) is 4.10. The molecule has 202 valence electrons. The molecule has 1 atom stereocenters.